The van der Waals surface area contributed by atoms with Gasteiger partial charge in [-0.1, -0.05) is 12.1 Å². The Hall–Kier alpha value is -4.02. The van der Waals surface area contributed by atoms with Crippen molar-refractivity contribution in [1.82, 2.24) is 4.98 Å². The zero-order chi connectivity index (χ0) is 25.9. The third kappa shape index (κ3) is 7.00. The molecule has 2 aromatic carbocycles. The maximum Gasteiger partial charge on any atom is 0.573 e. The Balaban J connectivity index is 1.37. The molecule has 11 heteroatoms. The average Bonchev–Trinajstić information content (AvgIpc) is 3.63. The molecular weight excluding hydrogens is 487 g/mol. The van der Waals surface area contributed by atoms with Gasteiger partial charge in [-0.05, 0) is 54.3 Å². The summed E-state index contributed by atoms with van der Waals surface area (Å²) in [5.74, 6) is -3.18. The number of nitrogens with one attached hydrogen (secondary N) is 1. The van der Waals surface area contributed by atoms with Gasteiger partial charge in [0.05, 0.1) is 0 Å². The fourth-order valence-corrected chi connectivity index (χ4v) is 3.36. The first-order valence-corrected chi connectivity index (χ1v) is 10.8. The van der Waals surface area contributed by atoms with E-state index in [1.54, 1.807) is 0 Å². The molecular formula is C25H19F5N2O4. The van der Waals surface area contributed by atoms with E-state index in [1.165, 1.54) is 36.5 Å². The quantitative estimate of drug-likeness (QED) is 0.374. The van der Waals surface area contributed by atoms with Gasteiger partial charge in [-0.3, -0.25) is 9.59 Å². The molecule has 4 rings (SSSR count). The van der Waals surface area contributed by atoms with Crippen LogP contribution in [0.15, 0.2) is 54.7 Å². The van der Waals surface area contributed by atoms with Crippen LogP contribution in [-0.4, -0.2) is 23.0 Å². The number of aromatic nitrogens is 1. The number of hydrogen-bond donors (Lipinski definition) is 1. The first kappa shape index (κ1) is 25.1. The normalized spacial score (nSPS) is 13.2. The molecule has 36 heavy (non-hydrogen) atoms. The number of benzene rings is 2. The number of halogens is 5. The minimum absolute atomic E-state index is 0.0117. The van der Waals surface area contributed by atoms with Crippen molar-refractivity contribution in [1.29, 1.82) is 0 Å². The van der Waals surface area contributed by atoms with Crippen LogP contribution in [-0.2, 0) is 22.4 Å². The first-order chi connectivity index (χ1) is 17.1. The number of alkyl halides is 3. The molecule has 1 aliphatic rings. The van der Waals surface area contributed by atoms with Gasteiger partial charge in [0.15, 0.2) is 23.1 Å². The van der Waals surface area contributed by atoms with Crippen molar-refractivity contribution < 1.29 is 41.0 Å². The molecule has 1 fully saturated rings. The van der Waals surface area contributed by atoms with E-state index in [1.807, 2.05) is 0 Å². The predicted molar refractivity (Wildman–Crippen MR) is 118 cm³/mol. The fraction of sp³-hybridized carbons (Fsp3) is 0.240. The standard InChI is InChI=1S/C25H19F5N2O4/c26-19-5-1-15(12-22(19)36-25(28,29)30)10-17(33)9-14-2-6-21(20(27)11-14)35-18-7-8-31-23(13-18)32-24(34)16-3-4-16/h1-2,5-8,11-13,16H,3-4,9-10H2,(H,31,32,34). The number of anilines is 1. The first-order valence-electron chi connectivity index (χ1n) is 10.8. The maximum atomic E-state index is 14.6. The van der Waals surface area contributed by atoms with Crippen LogP contribution in [0.5, 0.6) is 17.2 Å². The highest BCUT2D eigenvalue weighted by molar-refractivity contribution is 5.93. The van der Waals surface area contributed by atoms with Crippen LogP contribution < -0.4 is 14.8 Å². The second-order valence-electron chi connectivity index (χ2n) is 8.21. The summed E-state index contributed by atoms with van der Waals surface area (Å²) in [4.78, 5) is 28.3. The third-order valence-corrected chi connectivity index (χ3v) is 5.18. The summed E-state index contributed by atoms with van der Waals surface area (Å²) < 4.78 is 74.5. The van der Waals surface area contributed by atoms with Crippen molar-refractivity contribution in [2.75, 3.05) is 5.32 Å². The van der Waals surface area contributed by atoms with Gasteiger partial charge in [-0.2, -0.15) is 0 Å². The molecule has 0 saturated heterocycles. The molecule has 0 aliphatic heterocycles. The molecule has 1 aromatic heterocycles. The van der Waals surface area contributed by atoms with Crippen LogP contribution in [0.1, 0.15) is 24.0 Å². The molecule has 1 aliphatic carbocycles. The second-order valence-corrected chi connectivity index (χ2v) is 8.21. The van der Waals surface area contributed by atoms with Crippen molar-refractivity contribution in [2.45, 2.75) is 32.0 Å². The van der Waals surface area contributed by atoms with Gasteiger partial charge in [0.25, 0.3) is 0 Å². The molecule has 0 radical (unpaired) electrons. The van der Waals surface area contributed by atoms with Crippen molar-refractivity contribution in [3.63, 3.8) is 0 Å². The van der Waals surface area contributed by atoms with Crippen LogP contribution >= 0.6 is 0 Å². The third-order valence-electron chi connectivity index (χ3n) is 5.18. The van der Waals surface area contributed by atoms with Crippen LogP contribution in [0, 0.1) is 17.6 Å². The predicted octanol–water partition coefficient (Wildman–Crippen LogP) is 5.75. The minimum atomic E-state index is -5.08. The highest BCUT2D eigenvalue weighted by Crippen LogP contribution is 2.31. The van der Waals surface area contributed by atoms with E-state index in [9.17, 15) is 31.5 Å². The Morgan fingerprint density at radius 3 is 2.28 bits per heavy atom. The zero-order valence-electron chi connectivity index (χ0n) is 18.6. The van der Waals surface area contributed by atoms with Gasteiger partial charge in [-0.15, -0.1) is 13.2 Å². The lowest BCUT2D eigenvalue weighted by atomic mass is 10.0. The van der Waals surface area contributed by atoms with Crippen molar-refractivity contribution in [3.8, 4) is 17.2 Å². The van der Waals surface area contributed by atoms with Crippen LogP contribution in [0.3, 0.4) is 0 Å². The summed E-state index contributed by atoms with van der Waals surface area (Å²) in [6, 6.07) is 9.59. The molecule has 0 spiro atoms. The smallest absolute Gasteiger partial charge is 0.454 e. The van der Waals surface area contributed by atoms with Crippen molar-refractivity contribution >= 4 is 17.5 Å². The Morgan fingerprint density at radius 1 is 0.917 bits per heavy atom. The average molecular weight is 506 g/mol. The molecule has 1 amide bonds. The minimum Gasteiger partial charge on any atom is -0.454 e. The van der Waals surface area contributed by atoms with E-state index in [2.05, 4.69) is 15.0 Å². The lowest BCUT2D eigenvalue weighted by Crippen LogP contribution is -2.18. The monoisotopic (exact) mass is 506 g/mol. The number of Topliss-reactive ketones (excluding diaryl/α,β-unsaturated/α-hetero) is 1. The fourth-order valence-electron chi connectivity index (χ4n) is 3.36. The van der Waals surface area contributed by atoms with Gasteiger partial charge in [0, 0.05) is 31.0 Å². The van der Waals surface area contributed by atoms with E-state index in [0.717, 1.165) is 31.0 Å². The van der Waals surface area contributed by atoms with E-state index in [4.69, 9.17) is 4.74 Å². The lowest BCUT2D eigenvalue weighted by Gasteiger charge is -2.11. The number of rotatable bonds is 9. The van der Waals surface area contributed by atoms with E-state index < -0.39 is 29.5 Å². The largest absolute Gasteiger partial charge is 0.573 e. The van der Waals surface area contributed by atoms with Gasteiger partial charge < -0.3 is 14.8 Å². The SMILES string of the molecule is O=C(Cc1ccc(Oc2ccnc(NC(=O)C3CC3)c2)c(F)c1)Cc1ccc(F)c(OC(F)(F)F)c1. The molecule has 0 unspecified atom stereocenters. The summed E-state index contributed by atoms with van der Waals surface area (Å²) in [5, 5.41) is 2.67. The molecule has 0 atom stereocenters. The van der Waals surface area contributed by atoms with Crippen molar-refractivity contribution in [2.24, 2.45) is 5.92 Å². The molecule has 1 N–H and O–H groups in total. The molecule has 6 nitrogen and oxygen atoms in total. The summed E-state index contributed by atoms with van der Waals surface area (Å²) >= 11 is 0. The van der Waals surface area contributed by atoms with Gasteiger partial charge in [-0.25, -0.2) is 13.8 Å². The van der Waals surface area contributed by atoms with E-state index in [0.29, 0.717) is 5.56 Å². The molecule has 1 saturated carbocycles. The number of ketones is 1. The van der Waals surface area contributed by atoms with Crippen LogP contribution in [0.2, 0.25) is 0 Å². The number of ether oxygens (including phenoxy) is 2. The van der Waals surface area contributed by atoms with Gasteiger partial charge >= 0.3 is 6.36 Å². The molecule has 0 bridgehead atoms. The Morgan fingerprint density at radius 2 is 1.61 bits per heavy atom. The number of hydrogen-bond acceptors (Lipinski definition) is 5. The Bertz CT molecular complexity index is 1290. The summed E-state index contributed by atoms with van der Waals surface area (Å²) in [6.07, 6.45) is -2.52. The topological polar surface area (TPSA) is 77.5 Å². The second kappa shape index (κ2) is 10.3. The highest BCUT2D eigenvalue weighted by atomic mass is 19.4. The van der Waals surface area contributed by atoms with E-state index >= 15 is 0 Å². The van der Waals surface area contributed by atoms with Crippen LogP contribution in [0.25, 0.3) is 0 Å². The lowest BCUT2D eigenvalue weighted by molar-refractivity contribution is -0.275. The molecule has 188 valence electrons. The van der Waals surface area contributed by atoms with E-state index in [-0.39, 0.29) is 47.5 Å². The highest BCUT2D eigenvalue weighted by Gasteiger charge is 2.32. The summed E-state index contributed by atoms with van der Waals surface area (Å²) in [6.45, 7) is 0. The zero-order valence-corrected chi connectivity index (χ0v) is 18.6. The maximum absolute atomic E-state index is 14.6. The Kier molecular flexibility index (Phi) is 7.18. The number of carbonyl (C=O) groups excluding carboxylic acids is 2. The van der Waals surface area contributed by atoms with Gasteiger partial charge in [0.2, 0.25) is 5.91 Å². The number of nitrogens with zero attached hydrogens (tertiary/aromatic N) is 1. The van der Waals surface area contributed by atoms with Crippen molar-refractivity contribution in [3.05, 3.63) is 77.5 Å². The van der Waals surface area contributed by atoms with Crippen LogP contribution in [0.4, 0.5) is 27.8 Å². The van der Waals surface area contributed by atoms with Gasteiger partial charge in [0.1, 0.15) is 17.4 Å². The number of amides is 1. The molecule has 1 heterocycles. The molecule has 3 aromatic rings. The number of pyridine rings is 1. The Labute approximate surface area is 202 Å². The summed E-state index contributed by atoms with van der Waals surface area (Å²) in [7, 11) is 0. The number of carbonyl (C=O) groups is 2. The summed E-state index contributed by atoms with van der Waals surface area (Å²) in [5.41, 5.74) is 0.425.